The Kier molecular flexibility index (Phi) is 3.70. The van der Waals surface area contributed by atoms with Gasteiger partial charge in [0, 0.05) is 5.41 Å². The van der Waals surface area contributed by atoms with Crippen molar-refractivity contribution in [3.05, 3.63) is 34.9 Å². The Morgan fingerprint density at radius 1 is 1.16 bits per heavy atom. The van der Waals surface area contributed by atoms with Gasteiger partial charge in [-0.3, -0.25) is 4.79 Å². The summed E-state index contributed by atoms with van der Waals surface area (Å²) in [7, 11) is 0. The molecule has 4 heteroatoms. The Morgan fingerprint density at radius 3 is 2.56 bits per heavy atom. The molecule has 0 bridgehead atoms. The number of hydrogen-bond acceptors (Lipinski definition) is 4. The van der Waals surface area contributed by atoms with Gasteiger partial charge >= 0.3 is 0 Å². The van der Waals surface area contributed by atoms with E-state index in [9.17, 15) is 20.1 Å². The number of hydrogen-bond donors (Lipinski definition) is 3. The first-order valence-electron chi connectivity index (χ1n) is 9.36. The van der Waals surface area contributed by atoms with Crippen LogP contribution in [-0.4, -0.2) is 39.4 Å². The van der Waals surface area contributed by atoms with Gasteiger partial charge in [-0.2, -0.15) is 0 Å². The van der Waals surface area contributed by atoms with Gasteiger partial charge in [-0.1, -0.05) is 43.2 Å². The van der Waals surface area contributed by atoms with Crippen molar-refractivity contribution in [2.24, 2.45) is 22.7 Å². The zero-order valence-corrected chi connectivity index (χ0v) is 15.2. The topological polar surface area (TPSA) is 77.8 Å². The Bertz CT molecular complexity index is 717. The van der Waals surface area contributed by atoms with Crippen LogP contribution in [0.2, 0.25) is 0 Å². The molecule has 1 saturated carbocycles. The van der Waals surface area contributed by atoms with Crippen molar-refractivity contribution in [1.82, 2.24) is 0 Å². The number of rotatable bonds is 1. The second-order valence-corrected chi connectivity index (χ2v) is 8.83. The molecule has 3 N–H and O–H groups in total. The van der Waals surface area contributed by atoms with Gasteiger partial charge in [0.1, 0.15) is 0 Å². The van der Waals surface area contributed by atoms with Gasteiger partial charge in [-0.25, -0.2) is 0 Å². The first kappa shape index (κ1) is 17.2. The molecular weight excluding hydrogens is 316 g/mol. The first-order valence-corrected chi connectivity index (χ1v) is 9.36. The maximum Gasteiger partial charge on any atom is 0.156 e. The molecule has 0 heterocycles. The van der Waals surface area contributed by atoms with Crippen LogP contribution in [0.25, 0.3) is 0 Å². The minimum Gasteiger partial charge on any atom is -0.392 e. The van der Waals surface area contributed by atoms with Crippen molar-refractivity contribution in [2.45, 2.75) is 64.8 Å². The van der Waals surface area contributed by atoms with Crippen molar-refractivity contribution in [3.63, 3.8) is 0 Å². The fourth-order valence-electron chi connectivity index (χ4n) is 6.15. The van der Waals surface area contributed by atoms with Crippen LogP contribution in [0.15, 0.2) is 34.9 Å². The van der Waals surface area contributed by atoms with Crippen LogP contribution in [0.4, 0.5) is 0 Å². The van der Waals surface area contributed by atoms with Crippen LogP contribution in [0.3, 0.4) is 0 Å². The number of carbonyl (C=O) groups is 1. The van der Waals surface area contributed by atoms with E-state index in [1.807, 2.05) is 19.1 Å². The van der Waals surface area contributed by atoms with E-state index in [2.05, 4.69) is 13.0 Å². The van der Waals surface area contributed by atoms with Crippen molar-refractivity contribution in [2.75, 3.05) is 0 Å². The summed E-state index contributed by atoms with van der Waals surface area (Å²) in [5.41, 5.74) is 2.55. The average Bonchev–Trinajstić information content (AvgIpc) is 2.89. The van der Waals surface area contributed by atoms with Crippen LogP contribution < -0.4 is 0 Å². The third-order valence-corrected chi connectivity index (χ3v) is 7.66. The van der Waals surface area contributed by atoms with E-state index in [1.54, 1.807) is 6.92 Å². The van der Waals surface area contributed by atoms with Crippen LogP contribution in [0, 0.1) is 22.7 Å². The zero-order valence-electron chi connectivity index (χ0n) is 15.2. The molecule has 0 aromatic rings. The molecule has 4 rings (SSSR count). The SMILES string of the molecule is CC(=O)C1=CC[C@H]2C3=CCC4=CC(O)C(O)C[C@]4(C)[C@H]3CC(O)[C@]12C. The molecule has 0 spiro atoms. The minimum atomic E-state index is -0.797. The molecular formula is C21H28O4. The van der Waals surface area contributed by atoms with E-state index in [-0.39, 0.29) is 23.0 Å². The fraction of sp³-hybridized carbons (Fsp3) is 0.667. The maximum absolute atomic E-state index is 12.1. The molecule has 4 aliphatic rings. The lowest BCUT2D eigenvalue weighted by molar-refractivity contribution is -0.116. The summed E-state index contributed by atoms with van der Waals surface area (Å²) in [6.45, 7) is 5.79. The van der Waals surface area contributed by atoms with Crippen molar-refractivity contribution < 1.29 is 20.1 Å². The summed E-state index contributed by atoms with van der Waals surface area (Å²) in [6.07, 6.45) is 6.66. The van der Waals surface area contributed by atoms with Gasteiger partial charge in [0.2, 0.25) is 0 Å². The number of allylic oxidation sites excluding steroid dienone is 4. The van der Waals surface area contributed by atoms with Gasteiger partial charge in [0.15, 0.2) is 5.78 Å². The largest absolute Gasteiger partial charge is 0.392 e. The number of fused-ring (bicyclic) bond motifs is 5. The number of aliphatic hydroxyl groups is 3. The Hall–Kier alpha value is -1.23. The molecule has 4 nitrogen and oxygen atoms in total. The van der Waals surface area contributed by atoms with Gasteiger partial charge in [-0.05, 0) is 55.4 Å². The molecule has 3 unspecified atom stereocenters. The van der Waals surface area contributed by atoms with E-state index >= 15 is 0 Å². The van der Waals surface area contributed by atoms with Crippen molar-refractivity contribution in [1.29, 1.82) is 0 Å². The third-order valence-electron chi connectivity index (χ3n) is 7.66. The predicted molar refractivity (Wildman–Crippen MR) is 94.6 cm³/mol. The number of carbonyl (C=O) groups excluding carboxylic acids is 1. The summed E-state index contributed by atoms with van der Waals surface area (Å²) >= 11 is 0. The molecule has 7 atom stereocenters. The van der Waals surface area contributed by atoms with Gasteiger partial charge in [-0.15, -0.1) is 0 Å². The molecule has 1 fully saturated rings. The average molecular weight is 344 g/mol. The van der Waals surface area contributed by atoms with Crippen LogP contribution in [0.1, 0.15) is 46.5 Å². The van der Waals surface area contributed by atoms with E-state index in [0.29, 0.717) is 12.8 Å². The first-order chi connectivity index (χ1) is 11.7. The fourth-order valence-corrected chi connectivity index (χ4v) is 6.15. The molecule has 136 valence electrons. The lowest BCUT2D eigenvalue weighted by Crippen LogP contribution is -2.53. The zero-order chi connectivity index (χ0) is 18.1. The van der Waals surface area contributed by atoms with E-state index < -0.39 is 23.7 Å². The van der Waals surface area contributed by atoms with Gasteiger partial charge < -0.3 is 15.3 Å². The molecule has 0 aromatic carbocycles. The van der Waals surface area contributed by atoms with Crippen LogP contribution in [0.5, 0.6) is 0 Å². The summed E-state index contributed by atoms with van der Waals surface area (Å²) in [5, 5.41) is 31.4. The second kappa shape index (κ2) is 5.38. The molecule has 0 aromatic heterocycles. The number of Topliss-reactive ketones (excluding diaryl/α,β-unsaturated/α-hetero) is 1. The molecule has 0 amide bonds. The summed E-state index contributed by atoms with van der Waals surface area (Å²) in [5.74, 6) is 0.367. The Labute approximate surface area is 148 Å². The van der Waals surface area contributed by atoms with Gasteiger partial charge in [0.05, 0.1) is 18.3 Å². The molecule has 0 radical (unpaired) electrons. The number of ketones is 1. The highest BCUT2D eigenvalue weighted by atomic mass is 16.3. The second-order valence-electron chi connectivity index (χ2n) is 8.83. The summed E-state index contributed by atoms with van der Waals surface area (Å²) in [4.78, 5) is 12.1. The quantitative estimate of drug-likeness (QED) is 0.638. The lowest BCUT2D eigenvalue weighted by Gasteiger charge is -2.56. The normalized spacial score (nSPS) is 48.6. The third kappa shape index (κ3) is 2.14. The highest BCUT2D eigenvalue weighted by Gasteiger charge is 2.59. The predicted octanol–water partition coefficient (Wildman–Crippen LogP) is 2.30. The molecule has 25 heavy (non-hydrogen) atoms. The van der Waals surface area contributed by atoms with Gasteiger partial charge in [0.25, 0.3) is 0 Å². The molecule has 0 aliphatic heterocycles. The number of aliphatic hydroxyl groups excluding tert-OH is 3. The summed E-state index contributed by atoms with van der Waals surface area (Å²) < 4.78 is 0. The molecule has 4 aliphatic carbocycles. The smallest absolute Gasteiger partial charge is 0.156 e. The van der Waals surface area contributed by atoms with E-state index in [0.717, 1.165) is 18.4 Å². The van der Waals surface area contributed by atoms with Crippen molar-refractivity contribution >= 4 is 5.78 Å². The van der Waals surface area contributed by atoms with Crippen LogP contribution in [-0.2, 0) is 4.79 Å². The highest BCUT2D eigenvalue weighted by molar-refractivity contribution is 5.95. The lowest BCUT2D eigenvalue weighted by atomic mass is 9.49. The van der Waals surface area contributed by atoms with Crippen molar-refractivity contribution in [3.8, 4) is 0 Å². The highest BCUT2D eigenvalue weighted by Crippen LogP contribution is 2.63. The Morgan fingerprint density at radius 2 is 1.88 bits per heavy atom. The maximum atomic E-state index is 12.1. The summed E-state index contributed by atoms with van der Waals surface area (Å²) in [6, 6.07) is 0. The monoisotopic (exact) mass is 344 g/mol. The minimum absolute atomic E-state index is 0.0573. The standard InChI is InChI=1S/C21H28O4/c1-11(22)14-6-7-15-13-5-4-12-8-17(23)18(24)10-20(12,2)16(13)9-19(25)21(14,15)3/h5-6,8,15-19,23-25H,4,7,9-10H2,1-3H3/t15-,16-,17?,18?,19?,20-,21+/m0/s1. The van der Waals surface area contributed by atoms with E-state index in [4.69, 9.17) is 0 Å². The Balaban J connectivity index is 1.77. The molecule has 0 saturated heterocycles. The van der Waals surface area contributed by atoms with E-state index in [1.165, 1.54) is 11.1 Å². The van der Waals surface area contributed by atoms with Crippen LogP contribution >= 0.6 is 0 Å².